The number of imidazole rings is 1. The number of nitrogens with zero attached hydrogens (tertiary/aromatic N) is 3. The monoisotopic (exact) mass is 503 g/mol. The highest BCUT2D eigenvalue weighted by Gasteiger charge is 2.21. The Balaban J connectivity index is 1.25. The normalized spacial score (nSPS) is 14.1. The Labute approximate surface area is 208 Å². The fourth-order valence-electron chi connectivity index (χ4n) is 4.28. The van der Waals surface area contributed by atoms with Gasteiger partial charge in [0, 0.05) is 42.9 Å². The average Bonchev–Trinajstić information content (AvgIpc) is 3.59. The van der Waals surface area contributed by atoms with Crippen LogP contribution < -0.4 is 10.6 Å². The molecule has 1 aliphatic rings. The third-order valence-electron chi connectivity index (χ3n) is 6.29. The zero-order chi connectivity index (χ0) is 25.1. The number of fused-ring (bicyclic) bond motifs is 1. The summed E-state index contributed by atoms with van der Waals surface area (Å²) in [5.74, 6) is -0.0572. The molecule has 184 valence electrons. The summed E-state index contributed by atoms with van der Waals surface area (Å²) in [5.41, 5.74) is 1.45. The van der Waals surface area contributed by atoms with Crippen molar-refractivity contribution in [3.63, 3.8) is 0 Å². The molecule has 1 fully saturated rings. The molecule has 2 aromatic heterocycles. The van der Waals surface area contributed by atoms with Crippen LogP contribution in [-0.2, 0) is 16.4 Å². The van der Waals surface area contributed by atoms with Crippen LogP contribution in [0.25, 0.3) is 5.78 Å². The van der Waals surface area contributed by atoms with Crippen LogP contribution in [-0.4, -0.2) is 40.6 Å². The van der Waals surface area contributed by atoms with Gasteiger partial charge in [-0.2, -0.15) is 0 Å². The number of sulfone groups is 1. The Morgan fingerprint density at radius 2 is 1.72 bits per heavy atom. The maximum absolute atomic E-state index is 13.2. The van der Waals surface area contributed by atoms with E-state index in [-0.39, 0.29) is 34.2 Å². The van der Waals surface area contributed by atoms with E-state index in [4.69, 9.17) is 0 Å². The molecule has 5 rings (SSSR count). The first-order valence-electron chi connectivity index (χ1n) is 11.7. The maximum atomic E-state index is 13.2. The molecule has 0 aliphatic heterocycles. The molecular formula is C26H25N5O4S. The molecule has 2 N–H and O–H groups in total. The minimum atomic E-state index is -3.81. The Kier molecular flexibility index (Phi) is 6.51. The molecule has 4 aromatic rings. The first-order valence-corrected chi connectivity index (χ1v) is 13.2. The minimum absolute atomic E-state index is 0.0602. The summed E-state index contributed by atoms with van der Waals surface area (Å²) in [5, 5.41) is 5.79. The van der Waals surface area contributed by atoms with E-state index in [1.54, 1.807) is 47.3 Å². The van der Waals surface area contributed by atoms with Crippen molar-refractivity contribution in [2.24, 2.45) is 0 Å². The number of amides is 2. The first-order chi connectivity index (χ1) is 17.4. The van der Waals surface area contributed by atoms with Gasteiger partial charge in [-0.25, -0.2) is 18.4 Å². The van der Waals surface area contributed by atoms with Crippen molar-refractivity contribution in [1.82, 2.24) is 25.0 Å². The Hall–Kier alpha value is -4.05. The van der Waals surface area contributed by atoms with E-state index in [9.17, 15) is 18.0 Å². The molecule has 0 atom stereocenters. The third-order valence-corrected chi connectivity index (χ3v) is 8.06. The van der Waals surface area contributed by atoms with Crippen molar-refractivity contribution in [1.29, 1.82) is 0 Å². The molecule has 2 heterocycles. The van der Waals surface area contributed by atoms with Crippen molar-refractivity contribution in [2.45, 2.75) is 48.1 Å². The summed E-state index contributed by atoms with van der Waals surface area (Å²) in [6.45, 7) is 0.220. The van der Waals surface area contributed by atoms with E-state index >= 15 is 0 Å². The largest absolute Gasteiger partial charge is 0.349 e. The summed E-state index contributed by atoms with van der Waals surface area (Å²) >= 11 is 0. The second kappa shape index (κ2) is 9.90. The van der Waals surface area contributed by atoms with E-state index in [1.165, 1.54) is 30.5 Å². The second-order valence-electron chi connectivity index (χ2n) is 8.79. The molecular weight excluding hydrogens is 478 g/mol. The van der Waals surface area contributed by atoms with Gasteiger partial charge in [-0.1, -0.05) is 31.0 Å². The molecule has 0 saturated heterocycles. The van der Waals surface area contributed by atoms with Gasteiger partial charge in [0.05, 0.1) is 15.4 Å². The Morgan fingerprint density at radius 3 is 2.50 bits per heavy atom. The van der Waals surface area contributed by atoms with Crippen LogP contribution >= 0.6 is 0 Å². The summed E-state index contributed by atoms with van der Waals surface area (Å²) in [6.07, 6.45) is 10.5. The SMILES string of the molecule is O=C(NCc1ccc(S(=O)(=O)c2cccc(C(=O)NC3CCCC3)c2)cc1)c1cnc2nccn2c1. The number of carbonyl (C=O) groups excluding carboxylic acids is 2. The molecule has 1 saturated carbocycles. The van der Waals surface area contributed by atoms with Crippen molar-refractivity contribution in [3.8, 4) is 0 Å². The molecule has 0 radical (unpaired) electrons. The highest BCUT2D eigenvalue weighted by atomic mass is 32.2. The number of hydrogen-bond donors (Lipinski definition) is 2. The summed E-state index contributed by atoms with van der Waals surface area (Å²) in [4.78, 5) is 33.4. The van der Waals surface area contributed by atoms with Crippen molar-refractivity contribution >= 4 is 27.4 Å². The lowest BCUT2D eigenvalue weighted by Gasteiger charge is -2.13. The van der Waals surface area contributed by atoms with Crippen LogP contribution in [0.4, 0.5) is 0 Å². The lowest BCUT2D eigenvalue weighted by atomic mass is 10.2. The molecule has 2 amide bonds. The van der Waals surface area contributed by atoms with E-state index in [2.05, 4.69) is 20.6 Å². The van der Waals surface area contributed by atoms with Crippen LogP contribution in [0.15, 0.2) is 83.1 Å². The topological polar surface area (TPSA) is 123 Å². The number of benzene rings is 2. The molecule has 9 nitrogen and oxygen atoms in total. The number of rotatable bonds is 7. The molecule has 0 unspecified atom stereocenters. The zero-order valence-electron chi connectivity index (χ0n) is 19.4. The quantitative estimate of drug-likeness (QED) is 0.399. The van der Waals surface area contributed by atoms with Gasteiger partial charge in [-0.05, 0) is 48.7 Å². The van der Waals surface area contributed by atoms with Crippen LogP contribution in [0.5, 0.6) is 0 Å². The van der Waals surface area contributed by atoms with Crippen LogP contribution in [0.1, 0.15) is 52.0 Å². The summed E-state index contributed by atoms with van der Waals surface area (Å²) in [7, 11) is -3.81. The number of carbonyl (C=O) groups is 2. The minimum Gasteiger partial charge on any atom is -0.349 e. The average molecular weight is 504 g/mol. The van der Waals surface area contributed by atoms with Crippen molar-refractivity contribution < 1.29 is 18.0 Å². The van der Waals surface area contributed by atoms with Gasteiger partial charge in [0.1, 0.15) is 0 Å². The first kappa shape index (κ1) is 23.7. The number of aromatic nitrogens is 3. The maximum Gasteiger partial charge on any atom is 0.254 e. The van der Waals surface area contributed by atoms with Crippen LogP contribution in [0.2, 0.25) is 0 Å². The predicted octanol–water partition coefficient (Wildman–Crippen LogP) is 3.16. The lowest BCUT2D eigenvalue weighted by molar-refractivity contribution is 0.0933. The van der Waals surface area contributed by atoms with Crippen molar-refractivity contribution in [2.75, 3.05) is 0 Å². The van der Waals surface area contributed by atoms with Gasteiger partial charge in [0.2, 0.25) is 15.6 Å². The van der Waals surface area contributed by atoms with E-state index in [1.807, 2.05) is 0 Å². The van der Waals surface area contributed by atoms with Crippen LogP contribution in [0, 0.1) is 0 Å². The van der Waals surface area contributed by atoms with E-state index in [0.29, 0.717) is 16.9 Å². The second-order valence-corrected chi connectivity index (χ2v) is 10.7. The fourth-order valence-corrected chi connectivity index (χ4v) is 5.59. The molecule has 0 spiro atoms. The van der Waals surface area contributed by atoms with Gasteiger partial charge in [-0.3, -0.25) is 14.0 Å². The van der Waals surface area contributed by atoms with E-state index < -0.39 is 9.84 Å². The Morgan fingerprint density at radius 1 is 0.944 bits per heavy atom. The van der Waals surface area contributed by atoms with Gasteiger partial charge in [0.15, 0.2) is 0 Å². The van der Waals surface area contributed by atoms with E-state index in [0.717, 1.165) is 31.2 Å². The zero-order valence-corrected chi connectivity index (χ0v) is 20.2. The predicted molar refractivity (Wildman–Crippen MR) is 132 cm³/mol. The molecule has 36 heavy (non-hydrogen) atoms. The van der Waals surface area contributed by atoms with Gasteiger partial charge in [-0.15, -0.1) is 0 Å². The standard InChI is InChI=1S/C26H25N5O4S/c32-24(20-16-29-26-27-12-13-31(26)17-20)28-15-18-8-10-22(11-9-18)36(34,35)23-7-3-4-19(14-23)25(33)30-21-5-1-2-6-21/h3-4,7-14,16-17,21H,1-2,5-6,15H2,(H,28,32)(H,30,33). The lowest BCUT2D eigenvalue weighted by Crippen LogP contribution is -2.32. The molecule has 0 bridgehead atoms. The highest BCUT2D eigenvalue weighted by molar-refractivity contribution is 7.91. The highest BCUT2D eigenvalue weighted by Crippen LogP contribution is 2.23. The fraction of sp³-hybridized carbons (Fsp3) is 0.231. The summed E-state index contributed by atoms with van der Waals surface area (Å²) in [6, 6.07) is 12.6. The number of nitrogens with one attached hydrogen (secondary N) is 2. The molecule has 10 heteroatoms. The van der Waals surface area contributed by atoms with Crippen molar-refractivity contribution in [3.05, 3.63) is 90.0 Å². The third kappa shape index (κ3) is 4.99. The molecule has 1 aliphatic carbocycles. The summed E-state index contributed by atoms with van der Waals surface area (Å²) < 4.78 is 28.0. The van der Waals surface area contributed by atoms with Gasteiger partial charge in [0.25, 0.3) is 11.8 Å². The molecule has 2 aromatic carbocycles. The number of hydrogen-bond acceptors (Lipinski definition) is 6. The smallest absolute Gasteiger partial charge is 0.254 e. The van der Waals surface area contributed by atoms with Gasteiger partial charge < -0.3 is 10.6 Å². The van der Waals surface area contributed by atoms with Crippen LogP contribution in [0.3, 0.4) is 0 Å². The van der Waals surface area contributed by atoms with Gasteiger partial charge >= 0.3 is 0 Å². The Bertz CT molecular complexity index is 1520.